The highest BCUT2D eigenvalue weighted by molar-refractivity contribution is 8.13. The fourth-order valence-electron chi connectivity index (χ4n) is 0.759. The van der Waals surface area contributed by atoms with Crippen molar-refractivity contribution in [1.29, 1.82) is 0 Å². The Morgan fingerprint density at radius 3 is 2.67 bits per heavy atom. The summed E-state index contributed by atoms with van der Waals surface area (Å²) in [5.74, 6) is 1.60. The predicted octanol–water partition coefficient (Wildman–Crippen LogP) is 2.85. The number of nitrogens with zero attached hydrogens (tertiary/aromatic N) is 1. The van der Waals surface area contributed by atoms with Crippen molar-refractivity contribution in [2.75, 3.05) is 12.8 Å². The van der Waals surface area contributed by atoms with Crippen LogP contribution in [0.4, 0.5) is 4.79 Å². The molecular formula is C10H20N2O2S. The summed E-state index contributed by atoms with van der Waals surface area (Å²) in [5.41, 5.74) is 0. The van der Waals surface area contributed by atoms with E-state index in [9.17, 15) is 4.79 Å². The predicted molar refractivity (Wildman–Crippen MR) is 65.2 cm³/mol. The van der Waals surface area contributed by atoms with E-state index >= 15 is 0 Å². The van der Waals surface area contributed by atoms with Gasteiger partial charge in [-0.1, -0.05) is 25.9 Å². The van der Waals surface area contributed by atoms with E-state index in [0.717, 1.165) is 23.6 Å². The Bertz CT molecular complexity index is 217. The zero-order valence-corrected chi connectivity index (χ0v) is 10.7. The van der Waals surface area contributed by atoms with E-state index in [0.29, 0.717) is 5.92 Å². The topological polar surface area (TPSA) is 50.7 Å². The lowest BCUT2D eigenvalue weighted by Gasteiger charge is -2.06. The second-order valence-electron chi connectivity index (χ2n) is 3.57. The fraction of sp³-hybridized carbons (Fsp3) is 0.800. The molecule has 1 amide bonds. The molecule has 0 bridgehead atoms. The van der Waals surface area contributed by atoms with Gasteiger partial charge in [-0.15, -0.1) is 11.8 Å². The van der Waals surface area contributed by atoms with Crippen LogP contribution in [0, 0.1) is 5.92 Å². The van der Waals surface area contributed by atoms with Crippen molar-refractivity contribution in [1.82, 2.24) is 5.32 Å². The highest BCUT2D eigenvalue weighted by Gasteiger charge is 2.04. The van der Waals surface area contributed by atoms with Gasteiger partial charge < -0.3 is 5.32 Å². The number of carbonyl (C=O) groups excluding carboxylic acids is 1. The van der Waals surface area contributed by atoms with Crippen molar-refractivity contribution in [2.45, 2.75) is 33.6 Å². The summed E-state index contributed by atoms with van der Waals surface area (Å²) in [5, 5.41) is 7.06. The highest BCUT2D eigenvalue weighted by Crippen LogP contribution is 2.14. The number of hydrogen-bond donors (Lipinski definition) is 1. The van der Waals surface area contributed by atoms with Gasteiger partial charge in [0.1, 0.15) is 5.04 Å². The lowest BCUT2D eigenvalue weighted by Crippen LogP contribution is -2.17. The Hall–Kier alpha value is -0.710. The van der Waals surface area contributed by atoms with Crippen LogP contribution in [0.15, 0.2) is 5.16 Å². The number of carbonyl (C=O) groups is 1. The fourth-order valence-corrected chi connectivity index (χ4v) is 1.72. The van der Waals surface area contributed by atoms with Crippen LogP contribution in [0.1, 0.15) is 33.6 Å². The molecule has 15 heavy (non-hydrogen) atoms. The number of hydrogen-bond acceptors (Lipinski definition) is 4. The maximum Gasteiger partial charge on any atom is 0.433 e. The molecule has 0 aliphatic rings. The summed E-state index contributed by atoms with van der Waals surface area (Å²) in [4.78, 5) is 15.5. The number of oxime groups is 1. The average Bonchev–Trinajstić information content (AvgIpc) is 2.21. The molecule has 0 spiro atoms. The molecule has 0 atom stereocenters. The molecule has 0 aromatic rings. The quantitative estimate of drug-likeness (QED) is 0.343. The maximum atomic E-state index is 10.8. The van der Waals surface area contributed by atoms with Crippen molar-refractivity contribution in [2.24, 2.45) is 11.1 Å². The van der Waals surface area contributed by atoms with E-state index in [1.807, 2.05) is 0 Å². The molecular weight excluding hydrogens is 212 g/mol. The third-order valence-electron chi connectivity index (χ3n) is 1.48. The zero-order chi connectivity index (χ0) is 11.7. The first-order valence-corrected chi connectivity index (χ1v) is 6.17. The monoisotopic (exact) mass is 232 g/mol. The van der Waals surface area contributed by atoms with Crippen molar-refractivity contribution in [3.63, 3.8) is 0 Å². The minimum absolute atomic E-state index is 0.520. The number of amides is 1. The highest BCUT2D eigenvalue weighted by atomic mass is 32.2. The number of rotatable bonds is 5. The van der Waals surface area contributed by atoms with Crippen molar-refractivity contribution in [3.05, 3.63) is 0 Å². The molecule has 1 N–H and O–H groups in total. The van der Waals surface area contributed by atoms with Gasteiger partial charge >= 0.3 is 6.09 Å². The van der Waals surface area contributed by atoms with E-state index in [2.05, 4.69) is 36.1 Å². The SMILES string of the molecule is CCCC(=NOC(=O)NC)SCC(C)C. The molecule has 0 aromatic carbocycles. The summed E-state index contributed by atoms with van der Waals surface area (Å²) in [6.07, 6.45) is 1.34. The van der Waals surface area contributed by atoms with E-state index < -0.39 is 6.09 Å². The van der Waals surface area contributed by atoms with Crippen LogP contribution in [0.2, 0.25) is 0 Å². The number of nitrogens with one attached hydrogen (secondary N) is 1. The first-order valence-electron chi connectivity index (χ1n) is 5.18. The molecule has 0 fully saturated rings. The molecule has 0 radical (unpaired) electrons. The Kier molecular flexibility index (Phi) is 8.18. The second-order valence-corrected chi connectivity index (χ2v) is 4.66. The smallest absolute Gasteiger partial charge is 0.323 e. The van der Waals surface area contributed by atoms with Crippen LogP contribution < -0.4 is 5.32 Å². The molecule has 4 nitrogen and oxygen atoms in total. The van der Waals surface area contributed by atoms with E-state index in [4.69, 9.17) is 0 Å². The zero-order valence-electron chi connectivity index (χ0n) is 9.87. The van der Waals surface area contributed by atoms with Crippen molar-refractivity contribution >= 4 is 22.9 Å². The molecule has 88 valence electrons. The Morgan fingerprint density at radius 1 is 1.53 bits per heavy atom. The van der Waals surface area contributed by atoms with Gasteiger partial charge in [0.15, 0.2) is 0 Å². The summed E-state index contributed by atoms with van der Waals surface area (Å²) < 4.78 is 0. The lowest BCUT2D eigenvalue weighted by molar-refractivity contribution is 0.153. The van der Waals surface area contributed by atoms with Crippen molar-refractivity contribution < 1.29 is 9.63 Å². The third kappa shape index (κ3) is 8.30. The van der Waals surface area contributed by atoms with Gasteiger partial charge in [-0.3, -0.25) is 4.84 Å². The molecule has 0 aliphatic carbocycles. The summed E-state index contributed by atoms with van der Waals surface area (Å²) in [7, 11) is 1.51. The Morgan fingerprint density at radius 2 is 2.20 bits per heavy atom. The Balaban J connectivity index is 4.05. The van der Waals surface area contributed by atoms with Gasteiger partial charge in [-0.2, -0.15) is 0 Å². The standard InChI is InChI=1S/C10H20N2O2S/c1-5-6-9(15-7-8(2)3)12-14-10(13)11-4/h8H,5-7H2,1-4H3,(H,11,13). The summed E-state index contributed by atoms with van der Waals surface area (Å²) in [6.45, 7) is 6.37. The molecule has 0 aliphatic heterocycles. The van der Waals surface area contributed by atoms with Gasteiger partial charge in [-0.05, 0) is 18.8 Å². The molecule has 0 rings (SSSR count). The molecule has 0 unspecified atom stereocenters. The first-order chi connectivity index (χ1) is 7.10. The van der Waals surface area contributed by atoms with Crippen LogP contribution >= 0.6 is 11.8 Å². The maximum absolute atomic E-state index is 10.8. The van der Waals surface area contributed by atoms with Crippen LogP contribution in [0.3, 0.4) is 0 Å². The van der Waals surface area contributed by atoms with Crippen molar-refractivity contribution in [3.8, 4) is 0 Å². The minimum atomic E-state index is -0.520. The first kappa shape index (κ1) is 14.3. The Labute approximate surface area is 95.8 Å². The summed E-state index contributed by atoms with van der Waals surface area (Å²) in [6, 6.07) is 0. The van der Waals surface area contributed by atoms with E-state index in [1.165, 1.54) is 7.05 Å². The summed E-state index contributed by atoms with van der Waals surface area (Å²) >= 11 is 1.65. The van der Waals surface area contributed by atoms with Crippen LogP contribution in [-0.2, 0) is 4.84 Å². The van der Waals surface area contributed by atoms with E-state index in [1.54, 1.807) is 11.8 Å². The van der Waals surface area contributed by atoms with Crippen LogP contribution in [0.25, 0.3) is 0 Å². The second kappa shape index (κ2) is 8.59. The van der Waals surface area contributed by atoms with E-state index in [-0.39, 0.29) is 0 Å². The normalized spacial score (nSPS) is 11.7. The van der Waals surface area contributed by atoms with Gasteiger partial charge in [-0.25, -0.2) is 4.79 Å². The largest absolute Gasteiger partial charge is 0.433 e. The van der Waals surface area contributed by atoms with Gasteiger partial charge in [0.05, 0.1) is 0 Å². The average molecular weight is 232 g/mol. The van der Waals surface area contributed by atoms with Gasteiger partial charge in [0.25, 0.3) is 0 Å². The van der Waals surface area contributed by atoms with Gasteiger partial charge in [0.2, 0.25) is 0 Å². The number of thioether (sulfide) groups is 1. The van der Waals surface area contributed by atoms with Crippen LogP contribution in [0.5, 0.6) is 0 Å². The molecule has 0 aromatic heterocycles. The van der Waals surface area contributed by atoms with Crippen LogP contribution in [-0.4, -0.2) is 23.9 Å². The molecule has 5 heteroatoms. The van der Waals surface area contributed by atoms with Gasteiger partial charge in [0, 0.05) is 12.8 Å². The lowest BCUT2D eigenvalue weighted by atomic mass is 10.3. The minimum Gasteiger partial charge on any atom is -0.323 e. The molecule has 0 saturated carbocycles. The molecule has 0 heterocycles. The molecule has 0 saturated heterocycles. The third-order valence-corrected chi connectivity index (χ3v) is 2.93.